The summed E-state index contributed by atoms with van der Waals surface area (Å²) in [4.78, 5) is 24.2. The lowest BCUT2D eigenvalue weighted by molar-refractivity contribution is -0.117. The number of benzene rings is 1. The zero-order chi connectivity index (χ0) is 14.0. The Labute approximate surface area is 114 Å². The molecule has 19 heavy (non-hydrogen) atoms. The second kappa shape index (κ2) is 5.61. The summed E-state index contributed by atoms with van der Waals surface area (Å²) in [6.45, 7) is 1.88. The first-order valence-corrected chi connectivity index (χ1v) is 6.88. The second-order valence-corrected chi connectivity index (χ2v) is 5.71. The molecule has 2 rings (SSSR count). The van der Waals surface area contributed by atoms with Crippen molar-refractivity contribution in [2.24, 2.45) is 5.92 Å². The molecular formula is C13H14FNO3S. The van der Waals surface area contributed by atoms with Crippen LogP contribution in [-0.4, -0.2) is 28.4 Å². The van der Waals surface area contributed by atoms with Gasteiger partial charge in [-0.3, -0.25) is 9.59 Å². The average molecular weight is 283 g/mol. The summed E-state index contributed by atoms with van der Waals surface area (Å²) in [7, 11) is 0. The van der Waals surface area contributed by atoms with Crippen LogP contribution >= 0.6 is 11.8 Å². The van der Waals surface area contributed by atoms with Gasteiger partial charge in [-0.25, -0.2) is 4.39 Å². The number of rotatable bonds is 3. The Morgan fingerprint density at radius 1 is 1.58 bits per heavy atom. The fourth-order valence-electron chi connectivity index (χ4n) is 2.07. The van der Waals surface area contributed by atoms with Gasteiger partial charge in [0.1, 0.15) is 11.6 Å². The molecule has 102 valence electrons. The third kappa shape index (κ3) is 3.26. The minimum atomic E-state index is -0.498. The highest BCUT2D eigenvalue weighted by molar-refractivity contribution is 8.13. The SMILES string of the molecule is CC(=O)SCC1CC(=O)N(c2cc(F)ccc2O)C1. The van der Waals surface area contributed by atoms with Gasteiger partial charge in [0.2, 0.25) is 5.91 Å². The van der Waals surface area contributed by atoms with Crippen LogP contribution in [0, 0.1) is 11.7 Å². The lowest BCUT2D eigenvalue weighted by Crippen LogP contribution is -2.25. The summed E-state index contributed by atoms with van der Waals surface area (Å²) >= 11 is 1.18. The van der Waals surface area contributed by atoms with Crippen molar-refractivity contribution in [2.75, 3.05) is 17.2 Å². The third-order valence-electron chi connectivity index (χ3n) is 2.96. The first kappa shape index (κ1) is 13.9. The molecule has 0 aliphatic carbocycles. The Kier molecular flexibility index (Phi) is 4.09. The summed E-state index contributed by atoms with van der Waals surface area (Å²) in [5.41, 5.74) is 0.195. The Bertz CT molecular complexity index is 521. The van der Waals surface area contributed by atoms with Crippen molar-refractivity contribution in [1.82, 2.24) is 0 Å². The number of nitrogens with zero attached hydrogens (tertiary/aromatic N) is 1. The van der Waals surface area contributed by atoms with E-state index in [9.17, 15) is 19.1 Å². The van der Waals surface area contributed by atoms with E-state index in [-0.39, 0.29) is 28.4 Å². The van der Waals surface area contributed by atoms with Gasteiger partial charge >= 0.3 is 0 Å². The van der Waals surface area contributed by atoms with Gasteiger partial charge in [0.05, 0.1) is 5.69 Å². The van der Waals surface area contributed by atoms with Crippen molar-refractivity contribution in [2.45, 2.75) is 13.3 Å². The van der Waals surface area contributed by atoms with Crippen LogP contribution in [0.25, 0.3) is 0 Å². The fraction of sp³-hybridized carbons (Fsp3) is 0.385. The molecule has 1 saturated heterocycles. The molecule has 4 nitrogen and oxygen atoms in total. The molecule has 1 unspecified atom stereocenters. The number of halogens is 1. The number of aromatic hydroxyl groups is 1. The highest BCUT2D eigenvalue weighted by atomic mass is 32.2. The van der Waals surface area contributed by atoms with Crippen molar-refractivity contribution >= 4 is 28.5 Å². The molecule has 1 N–H and O–H groups in total. The molecule has 6 heteroatoms. The number of amides is 1. The summed E-state index contributed by atoms with van der Waals surface area (Å²) in [6.07, 6.45) is 0.316. The van der Waals surface area contributed by atoms with Gasteiger partial charge in [0.25, 0.3) is 0 Å². The van der Waals surface area contributed by atoms with Crippen LogP contribution < -0.4 is 4.90 Å². The monoisotopic (exact) mass is 283 g/mol. The third-order valence-corrected chi connectivity index (χ3v) is 4.00. The number of hydrogen-bond donors (Lipinski definition) is 1. The first-order valence-electron chi connectivity index (χ1n) is 5.89. The predicted molar refractivity (Wildman–Crippen MR) is 71.7 cm³/mol. The zero-order valence-electron chi connectivity index (χ0n) is 10.4. The van der Waals surface area contributed by atoms with Crippen LogP contribution in [0.1, 0.15) is 13.3 Å². The van der Waals surface area contributed by atoms with Crippen LogP contribution in [0.15, 0.2) is 18.2 Å². The fourth-order valence-corrected chi connectivity index (χ4v) is 2.77. The Morgan fingerprint density at radius 2 is 2.32 bits per heavy atom. The maximum Gasteiger partial charge on any atom is 0.227 e. The number of carbonyl (C=O) groups is 2. The van der Waals surface area contributed by atoms with Crippen molar-refractivity contribution < 1.29 is 19.1 Å². The van der Waals surface area contributed by atoms with Crippen molar-refractivity contribution in [3.8, 4) is 5.75 Å². The van der Waals surface area contributed by atoms with E-state index in [1.807, 2.05) is 0 Å². The molecule has 0 spiro atoms. The van der Waals surface area contributed by atoms with Crippen LogP contribution in [0.2, 0.25) is 0 Å². The molecule has 1 aliphatic rings. The maximum absolute atomic E-state index is 13.2. The quantitative estimate of drug-likeness (QED) is 0.923. The standard InChI is InChI=1S/C13H14FNO3S/c1-8(16)19-7-9-4-13(18)15(6-9)11-5-10(14)2-3-12(11)17/h2-3,5,9,17H,4,6-7H2,1H3. The van der Waals surface area contributed by atoms with Gasteiger partial charge in [0.15, 0.2) is 5.12 Å². The summed E-state index contributed by atoms with van der Waals surface area (Å²) in [6, 6.07) is 3.52. The van der Waals surface area contributed by atoms with Gasteiger partial charge < -0.3 is 10.0 Å². The van der Waals surface area contributed by atoms with Gasteiger partial charge in [0, 0.05) is 31.7 Å². The molecule has 0 saturated carbocycles. The van der Waals surface area contributed by atoms with Crippen LogP contribution in [-0.2, 0) is 9.59 Å². The Morgan fingerprint density at radius 3 is 3.00 bits per heavy atom. The smallest absolute Gasteiger partial charge is 0.227 e. The first-order chi connectivity index (χ1) is 8.97. The van der Waals surface area contributed by atoms with Gasteiger partial charge in [-0.05, 0) is 18.1 Å². The molecule has 1 aromatic carbocycles. The van der Waals surface area contributed by atoms with E-state index in [1.54, 1.807) is 0 Å². The molecule has 0 aromatic heterocycles. The van der Waals surface area contributed by atoms with Crippen LogP contribution in [0.4, 0.5) is 10.1 Å². The Balaban J connectivity index is 2.11. The van der Waals surface area contributed by atoms with Crippen LogP contribution in [0.5, 0.6) is 5.75 Å². The van der Waals surface area contributed by atoms with Gasteiger partial charge in [-0.2, -0.15) is 0 Å². The molecule has 1 fully saturated rings. The highest BCUT2D eigenvalue weighted by Crippen LogP contribution is 2.33. The maximum atomic E-state index is 13.2. The van der Waals surface area contributed by atoms with E-state index in [0.29, 0.717) is 18.7 Å². The summed E-state index contributed by atoms with van der Waals surface area (Å²) < 4.78 is 13.2. The van der Waals surface area contributed by atoms with E-state index < -0.39 is 5.82 Å². The predicted octanol–water partition coefficient (Wildman–Crippen LogP) is 2.16. The molecule has 1 amide bonds. The average Bonchev–Trinajstić information content (AvgIpc) is 2.71. The van der Waals surface area contributed by atoms with Gasteiger partial charge in [-0.1, -0.05) is 11.8 Å². The summed E-state index contributed by atoms with van der Waals surface area (Å²) in [5.74, 6) is -0.163. The van der Waals surface area contributed by atoms with E-state index in [0.717, 1.165) is 12.1 Å². The normalized spacial score (nSPS) is 18.9. The van der Waals surface area contributed by atoms with E-state index in [4.69, 9.17) is 0 Å². The minimum Gasteiger partial charge on any atom is -0.506 e. The Hall–Kier alpha value is -1.56. The van der Waals surface area contributed by atoms with Crippen molar-refractivity contribution in [3.63, 3.8) is 0 Å². The topological polar surface area (TPSA) is 57.6 Å². The number of phenolic OH excluding ortho intramolecular Hbond substituents is 1. The summed E-state index contributed by atoms with van der Waals surface area (Å²) in [5, 5.41) is 9.71. The van der Waals surface area contributed by atoms with E-state index in [2.05, 4.69) is 0 Å². The number of carbonyl (C=O) groups excluding carboxylic acids is 2. The molecule has 0 bridgehead atoms. The molecule has 1 atom stereocenters. The number of phenols is 1. The largest absolute Gasteiger partial charge is 0.506 e. The molecule has 1 aliphatic heterocycles. The second-order valence-electron chi connectivity index (χ2n) is 4.51. The van der Waals surface area contributed by atoms with E-state index >= 15 is 0 Å². The van der Waals surface area contributed by atoms with Crippen molar-refractivity contribution in [3.05, 3.63) is 24.0 Å². The molecular weight excluding hydrogens is 269 g/mol. The molecule has 0 radical (unpaired) electrons. The number of thioether (sulfide) groups is 1. The lowest BCUT2D eigenvalue weighted by atomic mass is 10.1. The molecule has 1 aromatic rings. The van der Waals surface area contributed by atoms with Gasteiger partial charge in [-0.15, -0.1) is 0 Å². The number of anilines is 1. The van der Waals surface area contributed by atoms with Crippen molar-refractivity contribution in [1.29, 1.82) is 0 Å². The number of hydrogen-bond acceptors (Lipinski definition) is 4. The lowest BCUT2D eigenvalue weighted by Gasteiger charge is -2.18. The minimum absolute atomic E-state index is 0.0134. The highest BCUT2D eigenvalue weighted by Gasteiger charge is 2.32. The zero-order valence-corrected chi connectivity index (χ0v) is 11.2. The molecule has 1 heterocycles. The van der Waals surface area contributed by atoms with Crippen LogP contribution in [0.3, 0.4) is 0 Å². The van der Waals surface area contributed by atoms with E-state index in [1.165, 1.54) is 29.7 Å².